The third kappa shape index (κ3) is 6.85. The fourth-order valence-corrected chi connectivity index (χ4v) is 4.17. The summed E-state index contributed by atoms with van der Waals surface area (Å²) in [6.07, 6.45) is -3.10. The van der Waals surface area contributed by atoms with Crippen LogP contribution in [0.3, 0.4) is 0 Å². The quantitative estimate of drug-likeness (QED) is 0.237. The van der Waals surface area contributed by atoms with Gasteiger partial charge in [-0.1, -0.05) is 40.5 Å². The van der Waals surface area contributed by atoms with Gasteiger partial charge in [0.25, 0.3) is 5.91 Å². The predicted octanol–water partition coefficient (Wildman–Crippen LogP) is 5.70. The Balaban J connectivity index is 2.04. The van der Waals surface area contributed by atoms with Crippen molar-refractivity contribution in [1.29, 1.82) is 0 Å². The lowest BCUT2D eigenvalue weighted by atomic mass is 9.79. The number of amides is 2. The minimum atomic E-state index is -4.53. The van der Waals surface area contributed by atoms with Crippen LogP contribution >= 0.6 is 0 Å². The molecular formula is C26H31F3N6O5. The number of Topliss-reactive ketones (excluding diaryl/α,β-unsaturated/α-hetero) is 1. The van der Waals surface area contributed by atoms with Gasteiger partial charge in [0, 0.05) is 11.6 Å². The van der Waals surface area contributed by atoms with E-state index >= 15 is 0 Å². The zero-order valence-corrected chi connectivity index (χ0v) is 22.5. The van der Waals surface area contributed by atoms with Crippen LogP contribution in [0.1, 0.15) is 70.9 Å². The Morgan fingerprint density at radius 2 is 1.77 bits per heavy atom. The van der Waals surface area contributed by atoms with E-state index in [2.05, 4.69) is 25.7 Å². The summed E-state index contributed by atoms with van der Waals surface area (Å²) in [6.45, 7) is 7.18. The molecule has 2 atom stereocenters. The van der Waals surface area contributed by atoms with Crippen LogP contribution in [-0.2, 0) is 15.8 Å². The van der Waals surface area contributed by atoms with Crippen molar-refractivity contribution in [2.24, 2.45) is 5.41 Å². The molecule has 0 saturated carbocycles. The number of anilines is 1. The van der Waals surface area contributed by atoms with E-state index in [0.717, 1.165) is 17.0 Å². The maximum atomic E-state index is 13.4. The highest BCUT2D eigenvalue weighted by molar-refractivity contribution is 6.42. The molecule has 0 bridgehead atoms. The second-order valence-electron chi connectivity index (χ2n) is 9.90. The number of aromatic nitrogens is 4. The molecule has 0 spiro atoms. The van der Waals surface area contributed by atoms with Gasteiger partial charge in [-0.15, -0.1) is 10.2 Å². The van der Waals surface area contributed by atoms with Gasteiger partial charge in [-0.2, -0.15) is 18.3 Å². The molecule has 0 aliphatic carbocycles. The van der Waals surface area contributed by atoms with Crippen molar-refractivity contribution < 1.29 is 37.1 Å². The number of halogens is 3. The molecule has 0 unspecified atom stereocenters. The van der Waals surface area contributed by atoms with Crippen molar-refractivity contribution in [2.75, 3.05) is 5.32 Å². The molecule has 0 aliphatic heterocycles. The molecule has 0 aliphatic rings. The van der Waals surface area contributed by atoms with Crippen LogP contribution in [0.15, 0.2) is 40.9 Å². The molecule has 3 rings (SSSR count). The first-order valence-electron chi connectivity index (χ1n) is 12.7. The topological polar surface area (TPSA) is 154 Å². The lowest BCUT2D eigenvalue weighted by Gasteiger charge is -2.41. The standard InChI is InChI=1S/C26H31F3N6O5/c1-5-7-8-17(19(36)21(37)31-18-13-14-30-32-18)35(24(38)39)20(25(3,4)6-2)23-34-33-22(40-23)15-9-11-16(12-10-15)26(27,28)29/h9-14,17,20H,5-8H2,1-4H3,(H,38,39)(H2,30,31,32,37)/t17-,20+/m0/s1. The molecule has 2 aromatic heterocycles. The Bertz CT molecular complexity index is 1310. The van der Waals surface area contributed by atoms with Gasteiger partial charge < -0.3 is 14.8 Å². The average Bonchev–Trinajstić information content (AvgIpc) is 3.60. The summed E-state index contributed by atoms with van der Waals surface area (Å²) < 4.78 is 44.8. The van der Waals surface area contributed by atoms with Gasteiger partial charge in [0.15, 0.2) is 0 Å². The lowest BCUT2D eigenvalue weighted by Crippen LogP contribution is -2.53. The van der Waals surface area contributed by atoms with E-state index < -0.39 is 47.0 Å². The Morgan fingerprint density at radius 3 is 2.30 bits per heavy atom. The summed E-state index contributed by atoms with van der Waals surface area (Å²) >= 11 is 0. The Hall–Kier alpha value is -4.23. The maximum Gasteiger partial charge on any atom is 0.416 e. The van der Waals surface area contributed by atoms with Crippen LogP contribution in [0.25, 0.3) is 11.5 Å². The number of rotatable bonds is 12. The molecule has 40 heavy (non-hydrogen) atoms. The van der Waals surface area contributed by atoms with Gasteiger partial charge in [-0.05, 0) is 42.5 Å². The maximum absolute atomic E-state index is 13.4. The fourth-order valence-electron chi connectivity index (χ4n) is 4.17. The summed E-state index contributed by atoms with van der Waals surface area (Å²) in [5.41, 5.74) is -1.53. The van der Waals surface area contributed by atoms with E-state index in [0.29, 0.717) is 19.3 Å². The molecule has 0 saturated heterocycles. The first-order valence-corrected chi connectivity index (χ1v) is 12.7. The number of hydrogen-bond acceptors (Lipinski definition) is 7. The monoisotopic (exact) mass is 564 g/mol. The third-order valence-electron chi connectivity index (χ3n) is 6.73. The molecule has 1 aromatic carbocycles. The summed E-state index contributed by atoms with van der Waals surface area (Å²) in [6, 6.07) is 2.95. The van der Waals surface area contributed by atoms with Gasteiger partial charge in [0.2, 0.25) is 17.6 Å². The molecule has 2 amide bonds. The van der Waals surface area contributed by atoms with Crippen LogP contribution < -0.4 is 5.32 Å². The molecule has 2 heterocycles. The van der Waals surface area contributed by atoms with Crippen LogP contribution in [0, 0.1) is 5.41 Å². The largest absolute Gasteiger partial charge is 0.465 e. The number of carbonyl (C=O) groups excluding carboxylic acids is 2. The normalized spacial score (nSPS) is 13.5. The number of nitrogens with one attached hydrogen (secondary N) is 2. The van der Waals surface area contributed by atoms with E-state index in [1.165, 1.54) is 24.4 Å². The number of benzene rings is 1. The minimum absolute atomic E-state index is 0.0498. The zero-order valence-electron chi connectivity index (χ0n) is 22.5. The number of nitrogens with zero attached hydrogens (tertiary/aromatic N) is 4. The predicted molar refractivity (Wildman–Crippen MR) is 137 cm³/mol. The number of H-pyrrole nitrogens is 1. The van der Waals surface area contributed by atoms with Gasteiger partial charge in [-0.25, -0.2) is 4.79 Å². The third-order valence-corrected chi connectivity index (χ3v) is 6.73. The minimum Gasteiger partial charge on any atom is -0.465 e. The molecule has 216 valence electrons. The number of alkyl halides is 3. The Morgan fingerprint density at radius 1 is 1.10 bits per heavy atom. The molecule has 0 fully saturated rings. The van der Waals surface area contributed by atoms with Crippen molar-refractivity contribution in [3.05, 3.63) is 48.0 Å². The van der Waals surface area contributed by atoms with Crippen molar-refractivity contribution in [2.45, 2.75) is 71.6 Å². The molecule has 3 N–H and O–H groups in total. The van der Waals surface area contributed by atoms with Crippen LogP contribution in [0.2, 0.25) is 0 Å². The molecule has 3 aromatic rings. The van der Waals surface area contributed by atoms with Crippen molar-refractivity contribution in [3.63, 3.8) is 0 Å². The fraction of sp³-hybridized carbons (Fsp3) is 0.462. The summed E-state index contributed by atoms with van der Waals surface area (Å²) in [4.78, 5) is 39.9. The first-order chi connectivity index (χ1) is 18.8. The molecule has 14 heteroatoms. The number of carbonyl (C=O) groups is 3. The van der Waals surface area contributed by atoms with Crippen molar-refractivity contribution in [3.8, 4) is 11.5 Å². The van der Waals surface area contributed by atoms with E-state index in [1.807, 2.05) is 13.8 Å². The van der Waals surface area contributed by atoms with E-state index in [4.69, 9.17) is 4.42 Å². The first kappa shape index (κ1) is 30.3. The van der Waals surface area contributed by atoms with Gasteiger partial charge in [0.1, 0.15) is 17.9 Å². The van der Waals surface area contributed by atoms with E-state index in [1.54, 1.807) is 13.8 Å². The highest BCUT2D eigenvalue weighted by atomic mass is 19.4. The number of ketones is 1. The van der Waals surface area contributed by atoms with Gasteiger partial charge >= 0.3 is 12.3 Å². The SMILES string of the molecule is CCCC[C@@H](C(=O)C(=O)Nc1ccn[nH]1)N(C(=O)O)[C@H](c1nnc(-c2ccc(C(F)(F)F)cc2)o1)C(C)(C)CC. The molecule has 11 nitrogen and oxygen atoms in total. The Labute approximate surface area is 228 Å². The van der Waals surface area contributed by atoms with Gasteiger partial charge in [0.05, 0.1) is 11.8 Å². The van der Waals surface area contributed by atoms with E-state index in [-0.39, 0.29) is 29.6 Å². The number of aromatic amines is 1. The molecular weight excluding hydrogens is 533 g/mol. The van der Waals surface area contributed by atoms with Crippen molar-refractivity contribution >= 4 is 23.6 Å². The second kappa shape index (κ2) is 12.3. The average molecular weight is 565 g/mol. The van der Waals surface area contributed by atoms with Crippen LogP contribution in [-0.4, -0.2) is 54.2 Å². The van der Waals surface area contributed by atoms with Crippen molar-refractivity contribution in [1.82, 2.24) is 25.3 Å². The number of hydrogen-bond donors (Lipinski definition) is 3. The highest BCUT2D eigenvalue weighted by Gasteiger charge is 2.47. The highest BCUT2D eigenvalue weighted by Crippen LogP contribution is 2.43. The second-order valence-corrected chi connectivity index (χ2v) is 9.90. The Kier molecular flexibility index (Phi) is 9.32. The lowest BCUT2D eigenvalue weighted by molar-refractivity contribution is -0.139. The molecule has 0 radical (unpaired) electrons. The summed E-state index contributed by atoms with van der Waals surface area (Å²) in [5, 5.41) is 27.0. The summed E-state index contributed by atoms with van der Waals surface area (Å²) in [7, 11) is 0. The van der Waals surface area contributed by atoms with E-state index in [9.17, 15) is 32.7 Å². The zero-order chi connectivity index (χ0) is 29.7. The van der Waals surface area contributed by atoms with Crippen LogP contribution in [0.5, 0.6) is 0 Å². The number of carboxylic acid groups (broad SMARTS) is 1. The van der Waals surface area contributed by atoms with Gasteiger partial charge in [-0.3, -0.25) is 19.6 Å². The van der Waals surface area contributed by atoms with Crippen LogP contribution in [0.4, 0.5) is 23.8 Å². The smallest absolute Gasteiger partial charge is 0.416 e. The number of unbranched alkanes of at least 4 members (excludes halogenated alkanes) is 1. The summed E-state index contributed by atoms with van der Waals surface area (Å²) in [5.74, 6) is -2.13.